The fraction of sp³-hybridized carbons (Fsp3) is 0.875. The average molecular weight is 283 g/mol. The van der Waals surface area contributed by atoms with Gasteiger partial charge in [-0.15, -0.1) is 0 Å². The van der Waals surface area contributed by atoms with Crippen molar-refractivity contribution in [3.63, 3.8) is 0 Å². The van der Waals surface area contributed by atoms with Gasteiger partial charge in [0.2, 0.25) is 0 Å². The van der Waals surface area contributed by atoms with Crippen LogP contribution in [0.4, 0.5) is 4.79 Å². The highest BCUT2D eigenvalue weighted by Crippen LogP contribution is 2.24. The molecule has 0 saturated heterocycles. The molecule has 0 aliphatic heterocycles. The van der Waals surface area contributed by atoms with Gasteiger partial charge in [-0.05, 0) is 12.8 Å². The molecular formula is C8H14INO2. The van der Waals surface area contributed by atoms with Gasteiger partial charge in [0.25, 0.3) is 0 Å². The lowest BCUT2D eigenvalue weighted by molar-refractivity contribution is 0.164. The maximum Gasteiger partial charge on any atom is 0.407 e. The summed E-state index contributed by atoms with van der Waals surface area (Å²) < 4.78 is 5.11. The highest BCUT2D eigenvalue weighted by molar-refractivity contribution is 14.1. The summed E-state index contributed by atoms with van der Waals surface area (Å²) in [6, 6.07) is 0.312. The fourth-order valence-corrected chi connectivity index (χ4v) is 2.44. The normalized spacial score (nSPS) is 29.5. The lowest BCUT2D eigenvalue weighted by Crippen LogP contribution is -2.42. The van der Waals surface area contributed by atoms with E-state index in [2.05, 4.69) is 32.6 Å². The van der Waals surface area contributed by atoms with Crippen molar-refractivity contribution in [3.05, 3.63) is 0 Å². The Morgan fingerprint density at radius 2 is 2.17 bits per heavy atom. The van der Waals surface area contributed by atoms with E-state index in [-0.39, 0.29) is 6.09 Å². The van der Waals surface area contributed by atoms with Crippen molar-refractivity contribution in [3.8, 4) is 0 Å². The molecule has 1 saturated carbocycles. The Balaban J connectivity index is 2.33. The third-order valence-electron chi connectivity index (χ3n) is 2.17. The number of hydrogen-bond donors (Lipinski definition) is 1. The van der Waals surface area contributed by atoms with E-state index >= 15 is 0 Å². The SMILES string of the molecule is COC(=O)N[C@@H]1CCCC[C@H]1I. The Morgan fingerprint density at radius 3 is 2.75 bits per heavy atom. The highest BCUT2D eigenvalue weighted by Gasteiger charge is 2.23. The van der Waals surface area contributed by atoms with Crippen LogP contribution in [0, 0.1) is 0 Å². The predicted octanol–water partition coefficient (Wildman–Crippen LogP) is 2.09. The monoisotopic (exact) mass is 283 g/mol. The van der Waals surface area contributed by atoms with Gasteiger partial charge in [-0.2, -0.15) is 0 Å². The zero-order valence-electron chi connectivity index (χ0n) is 7.18. The zero-order valence-corrected chi connectivity index (χ0v) is 9.34. The van der Waals surface area contributed by atoms with Crippen molar-refractivity contribution in [1.29, 1.82) is 0 Å². The van der Waals surface area contributed by atoms with Crippen molar-refractivity contribution < 1.29 is 9.53 Å². The van der Waals surface area contributed by atoms with Crippen LogP contribution >= 0.6 is 22.6 Å². The van der Waals surface area contributed by atoms with E-state index in [1.807, 2.05) is 0 Å². The van der Waals surface area contributed by atoms with Gasteiger partial charge in [0, 0.05) is 9.97 Å². The first kappa shape index (κ1) is 10.1. The van der Waals surface area contributed by atoms with Gasteiger partial charge in [-0.1, -0.05) is 35.4 Å². The number of carbonyl (C=O) groups excluding carboxylic acids is 1. The Labute approximate surface area is 86.4 Å². The van der Waals surface area contributed by atoms with Crippen LogP contribution in [-0.2, 0) is 4.74 Å². The maximum atomic E-state index is 10.9. The van der Waals surface area contributed by atoms with Crippen LogP contribution in [0.5, 0.6) is 0 Å². The average Bonchev–Trinajstić information content (AvgIpc) is 2.09. The second kappa shape index (κ2) is 4.89. The molecule has 0 heterocycles. The van der Waals surface area contributed by atoms with Crippen molar-refractivity contribution >= 4 is 28.7 Å². The summed E-state index contributed by atoms with van der Waals surface area (Å²) in [5.74, 6) is 0. The van der Waals surface area contributed by atoms with Crippen molar-refractivity contribution in [2.24, 2.45) is 0 Å². The van der Waals surface area contributed by atoms with E-state index in [1.54, 1.807) is 0 Å². The van der Waals surface area contributed by atoms with Gasteiger partial charge in [0.1, 0.15) is 0 Å². The molecule has 1 aliphatic carbocycles. The molecule has 2 atom stereocenters. The Kier molecular flexibility index (Phi) is 4.11. The molecule has 0 unspecified atom stereocenters. The van der Waals surface area contributed by atoms with Crippen LogP contribution in [0.3, 0.4) is 0 Å². The van der Waals surface area contributed by atoms with Gasteiger partial charge in [0.15, 0.2) is 0 Å². The highest BCUT2D eigenvalue weighted by atomic mass is 127. The molecule has 1 amide bonds. The van der Waals surface area contributed by atoms with E-state index < -0.39 is 0 Å². The van der Waals surface area contributed by atoms with Gasteiger partial charge >= 0.3 is 6.09 Å². The first-order valence-corrected chi connectivity index (χ1v) is 5.47. The smallest absolute Gasteiger partial charge is 0.407 e. The number of alkyl carbamates (subject to hydrolysis) is 1. The molecule has 1 rings (SSSR count). The fourth-order valence-electron chi connectivity index (χ4n) is 1.46. The molecule has 0 aromatic heterocycles. The van der Waals surface area contributed by atoms with E-state index in [4.69, 9.17) is 0 Å². The van der Waals surface area contributed by atoms with Crippen LogP contribution in [0.25, 0.3) is 0 Å². The van der Waals surface area contributed by atoms with Crippen molar-refractivity contribution in [2.45, 2.75) is 35.6 Å². The van der Waals surface area contributed by atoms with Gasteiger partial charge in [-0.3, -0.25) is 0 Å². The zero-order chi connectivity index (χ0) is 8.97. The van der Waals surface area contributed by atoms with Crippen molar-refractivity contribution in [2.75, 3.05) is 7.11 Å². The number of halogens is 1. The Bertz CT molecular complexity index is 163. The molecule has 0 aromatic rings. The first-order chi connectivity index (χ1) is 5.74. The number of nitrogens with one attached hydrogen (secondary N) is 1. The molecule has 1 N–H and O–H groups in total. The molecule has 0 bridgehead atoms. The van der Waals surface area contributed by atoms with Crippen molar-refractivity contribution in [1.82, 2.24) is 5.32 Å². The topological polar surface area (TPSA) is 38.3 Å². The number of hydrogen-bond acceptors (Lipinski definition) is 2. The summed E-state index contributed by atoms with van der Waals surface area (Å²) in [6.45, 7) is 0. The number of methoxy groups -OCH3 is 1. The summed E-state index contributed by atoms with van der Waals surface area (Å²) in [6.07, 6.45) is 4.49. The van der Waals surface area contributed by atoms with Crippen LogP contribution in [0.15, 0.2) is 0 Å². The number of alkyl halides is 1. The lowest BCUT2D eigenvalue weighted by atomic mass is 9.96. The molecule has 0 spiro atoms. The Hall–Kier alpha value is 0. The van der Waals surface area contributed by atoms with Crippen LogP contribution in [-0.4, -0.2) is 23.2 Å². The minimum atomic E-state index is -0.302. The predicted molar refractivity (Wildman–Crippen MR) is 55.6 cm³/mol. The van der Waals surface area contributed by atoms with Gasteiger partial charge in [0.05, 0.1) is 7.11 Å². The van der Waals surface area contributed by atoms with Gasteiger partial charge in [-0.25, -0.2) is 4.79 Å². The summed E-state index contributed by atoms with van der Waals surface area (Å²) in [7, 11) is 1.40. The molecule has 1 aliphatic rings. The third kappa shape index (κ3) is 2.80. The molecule has 3 nitrogen and oxygen atoms in total. The second-order valence-electron chi connectivity index (χ2n) is 3.04. The quantitative estimate of drug-likeness (QED) is 0.591. The first-order valence-electron chi connectivity index (χ1n) is 4.22. The van der Waals surface area contributed by atoms with Crippen LogP contribution in [0.2, 0.25) is 0 Å². The summed E-state index contributed by atoms with van der Waals surface area (Å²) in [5, 5.41) is 2.85. The lowest BCUT2D eigenvalue weighted by Gasteiger charge is -2.27. The van der Waals surface area contributed by atoms with E-state index in [1.165, 1.54) is 26.4 Å². The standard InChI is InChI=1S/C8H14INO2/c1-12-8(11)10-7-5-3-2-4-6(7)9/h6-7H,2-5H2,1H3,(H,10,11)/t6-,7-/m1/s1. The van der Waals surface area contributed by atoms with Gasteiger partial charge < -0.3 is 10.1 Å². The van der Waals surface area contributed by atoms with Crippen LogP contribution < -0.4 is 5.32 Å². The largest absolute Gasteiger partial charge is 0.453 e. The number of ether oxygens (including phenoxy) is 1. The minimum absolute atomic E-state index is 0.302. The minimum Gasteiger partial charge on any atom is -0.453 e. The molecule has 4 heteroatoms. The number of carbonyl (C=O) groups is 1. The summed E-state index contributed by atoms with van der Waals surface area (Å²) in [5.41, 5.74) is 0. The third-order valence-corrected chi connectivity index (χ3v) is 3.66. The molecule has 70 valence electrons. The van der Waals surface area contributed by atoms with E-state index in [9.17, 15) is 4.79 Å². The number of amides is 1. The molecular weight excluding hydrogens is 269 g/mol. The molecule has 0 aromatic carbocycles. The van der Waals surface area contributed by atoms with Crippen LogP contribution in [0.1, 0.15) is 25.7 Å². The molecule has 12 heavy (non-hydrogen) atoms. The molecule has 0 radical (unpaired) electrons. The summed E-state index contributed by atoms with van der Waals surface area (Å²) >= 11 is 2.40. The Morgan fingerprint density at radius 1 is 1.50 bits per heavy atom. The molecule has 1 fully saturated rings. The summed E-state index contributed by atoms with van der Waals surface area (Å²) in [4.78, 5) is 10.9. The van der Waals surface area contributed by atoms with E-state index in [0.29, 0.717) is 9.97 Å². The maximum absolute atomic E-state index is 10.9. The number of rotatable bonds is 1. The van der Waals surface area contributed by atoms with E-state index in [0.717, 1.165) is 6.42 Å². The second-order valence-corrected chi connectivity index (χ2v) is 4.64.